The molecule has 156 valence electrons. The second-order valence-electron chi connectivity index (χ2n) is 7.74. The van der Waals surface area contributed by atoms with E-state index in [1.807, 2.05) is 26.0 Å². The molecule has 0 amide bonds. The summed E-state index contributed by atoms with van der Waals surface area (Å²) in [6.07, 6.45) is 4.61. The molecule has 0 atom stereocenters. The average Bonchev–Trinajstić information content (AvgIpc) is 2.72. The molecule has 2 aromatic carbocycles. The predicted octanol–water partition coefficient (Wildman–Crippen LogP) is 3.52. The number of guanidine groups is 1. The molecule has 0 saturated heterocycles. The minimum Gasteiger partial charge on any atom is -0.370 e. The number of aryl methyl sites for hydroxylation is 1. The van der Waals surface area contributed by atoms with E-state index in [4.69, 9.17) is 5.73 Å². The number of anilines is 1. The zero-order valence-electron chi connectivity index (χ0n) is 17.4. The maximum Gasteiger partial charge on any atom is 0.243 e. The molecule has 2 aromatic rings. The van der Waals surface area contributed by atoms with Crippen molar-refractivity contribution in [2.45, 2.75) is 57.0 Å². The monoisotopic (exact) mass is 414 g/mol. The highest BCUT2D eigenvalue weighted by molar-refractivity contribution is 7.89. The highest BCUT2D eigenvalue weighted by Gasteiger charge is 2.22. The highest BCUT2D eigenvalue weighted by Crippen LogP contribution is 2.27. The zero-order valence-corrected chi connectivity index (χ0v) is 18.2. The maximum atomic E-state index is 12.5. The Morgan fingerprint density at radius 2 is 1.83 bits per heavy atom. The minimum absolute atomic E-state index is 0.0983. The fourth-order valence-electron chi connectivity index (χ4n) is 3.46. The van der Waals surface area contributed by atoms with Crippen LogP contribution in [0, 0.1) is 0 Å². The van der Waals surface area contributed by atoms with Crippen LogP contribution < -0.4 is 11.1 Å². The number of nitrogens with one attached hydrogen (secondary N) is 1. The van der Waals surface area contributed by atoms with Crippen molar-refractivity contribution in [3.05, 3.63) is 59.2 Å². The molecule has 0 radical (unpaired) electrons. The Labute approximate surface area is 173 Å². The highest BCUT2D eigenvalue weighted by atomic mass is 32.2. The molecule has 6 nitrogen and oxygen atoms in total. The first kappa shape index (κ1) is 21.3. The quantitative estimate of drug-likeness (QED) is 0.559. The van der Waals surface area contributed by atoms with Crippen LogP contribution in [0.3, 0.4) is 0 Å². The standard InChI is InChI=1S/C22H30N4O2S/c1-16(2)26(3)29(27,28)19-13-11-17(12-14-19)15-24-22(23)25-21-10-6-8-18-7-4-5-9-20(18)21/h6,8,10-14,16H,4-5,7,9,15H2,1-3H3,(H3,23,24,25). The molecule has 0 fully saturated rings. The van der Waals surface area contributed by atoms with Crippen LogP contribution in [-0.4, -0.2) is 31.8 Å². The van der Waals surface area contributed by atoms with Crippen molar-refractivity contribution >= 4 is 21.7 Å². The van der Waals surface area contributed by atoms with Gasteiger partial charge in [-0.25, -0.2) is 13.4 Å². The predicted molar refractivity (Wildman–Crippen MR) is 119 cm³/mol. The van der Waals surface area contributed by atoms with Gasteiger partial charge in [0.05, 0.1) is 11.4 Å². The molecule has 0 bridgehead atoms. The molecule has 0 heterocycles. The van der Waals surface area contributed by atoms with Crippen LogP contribution in [0.4, 0.5) is 5.69 Å². The number of sulfonamides is 1. The van der Waals surface area contributed by atoms with Crippen molar-refractivity contribution in [2.24, 2.45) is 10.7 Å². The summed E-state index contributed by atoms with van der Waals surface area (Å²) in [6, 6.07) is 13.0. The van der Waals surface area contributed by atoms with Gasteiger partial charge in [0.15, 0.2) is 5.96 Å². The van der Waals surface area contributed by atoms with Crippen molar-refractivity contribution in [2.75, 3.05) is 12.4 Å². The molecule has 0 aliphatic heterocycles. The van der Waals surface area contributed by atoms with E-state index in [0.717, 1.165) is 24.1 Å². The second kappa shape index (κ2) is 8.97. The summed E-state index contributed by atoms with van der Waals surface area (Å²) in [5.74, 6) is 0.361. The van der Waals surface area contributed by atoms with Crippen LogP contribution in [0.15, 0.2) is 52.4 Å². The van der Waals surface area contributed by atoms with Gasteiger partial charge in [0.25, 0.3) is 0 Å². The van der Waals surface area contributed by atoms with Crippen LogP contribution in [0.5, 0.6) is 0 Å². The van der Waals surface area contributed by atoms with Crippen molar-refractivity contribution in [3.8, 4) is 0 Å². The molecule has 0 unspecified atom stereocenters. The third-order valence-electron chi connectivity index (χ3n) is 5.42. The van der Waals surface area contributed by atoms with Gasteiger partial charge < -0.3 is 11.1 Å². The fourth-order valence-corrected chi connectivity index (χ4v) is 4.83. The molecule has 1 aliphatic carbocycles. The Hall–Kier alpha value is -2.38. The fraction of sp³-hybridized carbons (Fsp3) is 0.409. The Morgan fingerprint density at radius 1 is 1.14 bits per heavy atom. The lowest BCUT2D eigenvalue weighted by Crippen LogP contribution is -2.33. The Bertz CT molecular complexity index is 982. The molecule has 0 spiro atoms. The van der Waals surface area contributed by atoms with E-state index in [2.05, 4.69) is 16.4 Å². The van der Waals surface area contributed by atoms with E-state index in [9.17, 15) is 8.42 Å². The third-order valence-corrected chi connectivity index (χ3v) is 7.47. The van der Waals surface area contributed by atoms with Gasteiger partial charge in [-0.05, 0) is 74.4 Å². The lowest BCUT2D eigenvalue weighted by atomic mass is 9.90. The topological polar surface area (TPSA) is 87.8 Å². The number of hydrogen-bond donors (Lipinski definition) is 2. The first-order valence-electron chi connectivity index (χ1n) is 10.0. The summed E-state index contributed by atoms with van der Waals surface area (Å²) < 4.78 is 26.4. The summed E-state index contributed by atoms with van der Waals surface area (Å²) in [5.41, 5.74) is 10.7. The van der Waals surface area contributed by atoms with Gasteiger partial charge in [-0.1, -0.05) is 24.3 Å². The molecule has 3 rings (SSSR count). The molecular weight excluding hydrogens is 384 g/mol. The summed E-state index contributed by atoms with van der Waals surface area (Å²) in [7, 11) is -1.89. The number of hydrogen-bond acceptors (Lipinski definition) is 3. The summed E-state index contributed by atoms with van der Waals surface area (Å²) in [6.45, 7) is 4.08. The van der Waals surface area contributed by atoms with Crippen LogP contribution in [0.2, 0.25) is 0 Å². The molecule has 7 heteroatoms. The van der Waals surface area contributed by atoms with Gasteiger partial charge in [0.2, 0.25) is 10.0 Å². The lowest BCUT2D eigenvalue weighted by molar-refractivity contribution is 0.410. The third kappa shape index (κ3) is 4.97. The molecule has 1 aliphatic rings. The number of nitrogens with zero attached hydrogens (tertiary/aromatic N) is 2. The van der Waals surface area contributed by atoms with Gasteiger partial charge in [0.1, 0.15) is 0 Å². The Kier molecular flexibility index (Phi) is 6.59. The molecule has 0 saturated carbocycles. The first-order valence-corrected chi connectivity index (χ1v) is 11.5. The van der Waals surface area contributed by atoms with E-state index in [1.54, 1.807) is 31.3 Å². The van der Waals surface area contributed by atoms with E-state index >= 15 is 0 Å². The number of nitrogens with two attached hydrogens (primary N) is 1. The Morgan fingerprint density at radius 3 is 2.52 bits per heavy atom. The van der Waals surface area contributed by atoms with Gasteiger partial charge in [-0.15, -0.1) is 0 Å². The number of benzene rings is 2. The summed E-state index contributed by atoms with van der Waals surface area (Å²) in [4.78, 5) is 4.70. The van der Waals surface area contributed by atoms with Crippen LogP contribution in [-0.2, 0) is 29.4 Å². The minimum atomic E-state index is -3.48. The van der Waals surface area contributed by atoms with E-state index in [1.165, 1.54) is 28.3 Å². The van der Waals surface area contributed by atoms with Gasteiger partial charge in [-0.3, -0.25) is 0 Å². The molecule has 0 aromatic heterocycles. The number of rotatable bonds is 6. The van der Waals surface area contributed by atoms with E-state index in [0.29, 0.717) is 12.5 Å². The van der Waals surface area contributed by atoms with Crippen LogP contribution in [0.1, 0.15) is 43.4 Å². The average molecular weight is 415 g/mol. The van der Waals surface area contributed by atoms with Crippen LogP contribution >= 0.6 is 0 Å². The molecule has 3 N–H and O–H groups in total. The van der Waals surface area contributed by atoms with Gasteiger partial charge >= 0.3 is 0 Å². The number of fused-ring (bicyclic) bond motifs is 1. The van der Waals surface area contributed by atoms with E-state index in [-0.39, 0.29) is 10.9 Å². The van der Waals surface area contributed by atoms with E-state index < -0.39 is 10.0 Å². The SMILES string of the molecule is CC(C)N(C)S(=O)(=O)c1ccc(CN=C(N)Nc2cccc3c2CCCC3)cc1. The summed E-state index contributed by atoms with van der Waals surface area (Å²) in [5, 5.41) is 3.23. The van der Waals surface area contributed by atoms with Crippen LogP contribution in [0.25, 0.3) is 0 Å². The molecular formula is C22H30N4O2S. The van der Waals surface area contributed by atoms with Gasteiger partial charge in [-0.2, -0.15) is 4.31 Å². The van der Waals surface area contributed by atoms with Crippen molar-refractivity contribution in [1.29, 1.82) is 0 Å². The van der Waals surface area contributed by atoms with Crippen molar-refractivity contribution < 1.29 is 8.42 Å². The van der Waals surface area contributed by atoms with Crippen molar-refractivity contribution in [1.82, 2.24) is 4.31 Å². The summed E-state index contributed by atoms with van der Waals surface area (Å²) >= 11 is 0. The normalized spacial score (nSPS) is 14.9. The lowest BCUT2D eigenvalue weighted by Gasteiger charge is -2.21. The zero-order chi connectivity index (χ0) is 21.0. The van der Waals surface area contributed by atoms with Crippen molar-refractivity contribution in [3.63, 3.8) is 0 Å². The molecule has 29 heavy (non-hydrogen) atoms. The maximum absolute atomic E-state index is 12.5. The number of aliphatic imine (C=N–C) groups is 1. The second-order valence-corrected chi connectivity index (χ2v) is 9.73. The van der Waals surface area contributed by atoms with Gasteiger partial charge in [0, 0.05) is 18.8 Å². The Balaban J connectivity index is 1.67. The smallest absolute Gasteiger partial charge is 0.243 e. The first-order chi connectivity index (χ1) is 13.8. The largest absolute Gasteiger partial charge is 0.370 e.